The molecule has 0 saturated heterocycles. The summed E-state index contributed by atoms with van der Waals surface area (Å²) in [6, 6.07) is 10.9. The zero-order chi connectivity index (χ0) is 12.0. The molecule has 0 aliphatic heterocycles. The van der Waals surface area contributed by atoms with Gasteiger partial charge in [-0.15, -0.1) is 0 Å². The standard InChI is InChI=1S/C14H8O3/c15-11-7-3-6-10-12(11)14(17)9-5-2-1-4-8(9)13(10)16/h1-7,15H/p-1. The number of hydrogen-bond donors (Lipinski definition) is 0. The van der Waals surface area contributed by atoms with Gasteiger partial charge in [0, 0.05) is 22.3 Å². The van der Waals surface area contributed by atoms with Crippen LogP contribution in [0.25, 0.3) is 0 Å². The molecule has 82 valence electrons. The number of ketones is 2. The van der Waals surface area contributed by atoms with E-state index in [1.54, 1.807) is 24.3 Å². The molecule has 0 atom stereocenters. The summed E-state index contributed by atoms with van der Waals surface area (Å²) in [5.41, 5.74) is 0.890. The van der Waals surface area contributed by atoms with Crippen molar-refractivity contribution in [2.75, 3.05) is 0 Å². The summed E-state index contributed by atoms with van der Waals surface area (Å²) >= 11 is 0. The molecule has 0 heterocycles. The molecular weight excluding hydrogens is 216 g/mol. The van der Waals surface area contributed by atoms with E-state index in [2.05, 4.69) is 0 Å². The first-order valence-corrected chi connectivity index (χ1v) is 5.18. The molecule has 0 amide bonds. The van der Waals surface area contributed by atoms with Gasteiger partial charge in [0.25, 0.3) is 0 Å². The molecule has 0 spiro atoms. The lowest BCUT2D eigenvalue weighted by Gasteiger charge is -2.21. The fourth-order valence-electron chi connectivity index (χ4n) is 2.11. The number of carbonyl (C=O) groups is 2. The first-order chi connectivity index (χ1) is 8.20. The lowest BCUT2D eigenvalue weighted by molar-refractivity contribution is -0.268. The van der Waals surface area contributed by atoms with Gasteiger partial charge >= 0.3 is 0 Å². The van der Waals surface area contributed by atoms with Gasteiger partial charge in [0.15, 0.2) is 11.6 Å². The minimum atomic E-state index is -0.393. The van der Waals surface area contributed by atoms with E-state index in [1.807, 2.05) is 0 Å². The van der Waals surface area contributed by atoms with Crippen molar-refractivity contribution in [2.45, 2.75) is 0 Å². The summed E-state index contributed by atoms with van der Waals surface area (Å²) in [7, 11) is 0. The van der Waals surface area contributed by atoms with Crippen LogP contribution in [0.2, 0.25) is 0 Å². The third-order valence-corrected chi connectivity index (χ3v) is 2.91. The predicted molar refractivity (Wildman–Crippen MR) is 59.2 cm³/mol. The second kappa shape index (κ2) is 3.28. The van der Waals surface area contributed by atoms with Crippen molar-refractivity contribution in [2.24, 2.45) is 0 Å². The lowest BCUT2D eigenvalue weighted by Crippen LogP contribution is -2.22. The largest absolute Gasteiger partial charge is 0.872 e. The Morgan fingerprint density at radius 1 is 0.706 bits per heavy atom. The van der Waals surface area contributed by atoms with E-state index in [0.29, 0.717) is 11.1 Å². The van der Waals surface area contributed by atoms with Gasteiger partial charge < -0.3 is 5.11 Å². The van der Waals surface area contributed by atoms with E-state index in [-0.39, 0.29) is 22.7 Å². The Kier molecular flexibility index (Phi) is 1.89. The summed E-state index contributed by atoms with van der Waals surface area (Å²) in [5, 5.41) is 11.7. The van der Waals surface area contributed by atoms with Gasteiger partial charge in [0.05, 0.1) is 0 Å². The summed E-state index contributed by atoms with van der Waals surface area (Å²) < 4.78 is 0. The van der Waals surface area contributed by atoms with Crippen LogP contribution in [-0.4, -0.2) is 11.6 Å². The average Bonchev–Trinajstić information content (AvgIpc) is 2.36. The van der Waals surface area contributed by atoms with Crippen LogP contribution in [0.5, 0.6) is 5.75 Å². The van der Waals surface area contributed by atoms with Crippen LogP contribution in [0.1, 0.15) is 31.8 Å². The molecule has 0 aromatic heterocycles. The molecule has 0 fully saturated rings. The third-order valence-electron chi connectivity index (χ3n) is 2.91. The molecule has 0 unspecified atom stereocenters. The van der Waals surface area contributed by atoms with Crippen molar-refractivity contribution < 1.29 is 14.7 Å². The molecule has 3 nitrogen and oxygen atoms in total. The topological polar surface area (TPSA) is 57.2 Å². The van der Waals surface area contributed by atoms with Gasteiger partial charge in [-0.05, 0) is 0 Å². The lowest BCUT2D eigenvalue weighted by atomic mass is 9.84. The quantitative estimate of drug-likeness (QED) is 0.580. The van der Waals surface area contributed by atoms with Gasteiger partial charge in [0.2, 0.25) is 0 Å². The van der Waals surface area contributed by atoms with Crippen LogP contribution in [0.15, 0.2) is 42.5 Å². The average molecular weight is 223 g/mol. The number of benzene rings is 2. The van der Waals surface area contributed by atoms with Crippen molar-refractivity contribution in [3.63, 3.8) is 0 Å². The molecule has 0 saturated carbocycles. The fourth-order valence-corrected chi connectivity index (χ4v) is 2.11. The summed E-state index contributed by atoms with van der Waals surface area (Å²) in [6.07, 6.45) is 0. The third kappa shape index (κ3) is 1.22. The smallest absolute Gasteiger partial charge is 0.194 e. The highest BCUT2D eigenvalue weighted by Gasteiger charge is 2.28. The molecule has 1 aliphatic carbocycles. The molecule has 0 radical (unpaired) electrons. The zero-order valence-electron chi connectivity index (χ0n) is 8.77. The van der Waals surface area contributed by atoms with E-state index in [9.17, 15) is 14.7 Å². The first kappa shape index (κ1) is 9.78. The van der Waals surface area contributed by atoms with E-state index in [1.165, 1.54) is 18.2 Å². The predicted octanol–water partition coefficient (Wildman–Crippen LogP) is 1.54. The summed E-state index contributed by atoms with van der Waals surface area (Å²) in [6.45, 7) is 0. The Balaban J connectivity index is 2.37. The molecule has 1 aliphatic rings. The Hall–Kier alpha value is -2.42. The van der Waals surface area contributed by atoms with Crippen LogP contribution < -0.4 is 5.11 Å². The summed E-state index contributed by atoms with van der Waals surface area (Å²) in [5.74, 6) is -1.01. The Morgan fingerprint density at radius 2 is 1.29 bits per heavy atom. The second-order valence-corrected chi connectivity index (χ2v) is 3.88. The van der Waals surface area contributed by atoms with Crippen molar-refractivity contribution in [1.29, 1.82) is 0 Å². The second-order valence-electron chi connectivity index (χ2n) is 3.88. The van der Waals surface area contributed by atoms with E-state index in [4.69, 9.17) is 0 Å². The van der Waals surface area contributed by atoms with Gasteiger partial charge in [-0.3, -0.25) is 9.59 Å². The molecule has 0 N–H and O–H groups in total. The molecular formula is C14H7O3-. The molecule has 2 aromatic carbocycles. The number of hydrogen-bond acceptors (Lipinski definition) is 3. The fraction of sp³-hybridized carbons (Fsp3) is 0. The monoisotopic (exact) mass is 223 g/mol. The van der Waals surface area contributed by atoms with E-state index in [0.717, 1.165) is 0 Å². The maximum Gasteiger partial charge on any atom is 0.194 e. The van der Waals surface area contributed by atoms with Crippen molar-refractivity contribution in [3.05, 3.63) is 64.7 Å². The Morgan fingerprint density at radius 3 is 2.00 bits per heavy atom. The van der Waals surface area contributed by atoms with E-state index < -0.39 is 5.75 Å². The number of fused-ring (bicyclic) bond motifs is 2. The van der Waals surface area contributed by atoms with Gasteiger partial charge in [0.1, 0.15) is 0 Å². The minimum Gasteiger partial charge on any atom is -0.872 e. The minimum absolute atomic E-state index is 0.00352. The van der Waals surface area contributed by atoms with Crippen LogP contribution in [0, 0.1) is 0 Å². The molecule has 0 bridgehead atoms. The molecule has 3 rings (SSSR count). The van der Waals surface area contributed by atoms with Crippen LogP contribution in [0.4, 0.5) is 0 Å². The Labute approximate surface area is 97.3 Å². The van der Waals surface area contributed by atoms with Crippen LogP contribution in [-0.2, 0) is 0 Å². The van der Waals surface area contributed by atoms with E-state index >= 15 is 0 Å². The highest BCUT2D eigenvalue weighted by atomic mass is 16.3. The number of rotatable bonds is 0. The zero-order valence-corrected chi connectivity index (χ0v) is 8.77. The van der Waals surface area contributed by atoms with Gasteiger partial charge in [-0.25, -0.2) is 0 Å². The highest BCUT2D eigenvalue weighted by Crippen LogP contribution is 2.30. The highest BCUT2D eigenvalue weighted by molar-refractivity contribution is 6.29. The first-order valence-electron chi connectivity index (χ1n) is 5.18. The normalized spacial score (nSPS) is 13.2. The molecule has 17 heavy (non-hydrogen) atoms. The summed E-state index contributed by atoms with van der Waals surface area (Å²) in [4.78, 5) is 24.2. The van der Waals surface area contributed by atoms with Gasteiger partial charge in [-0.1, -0.05) is 48.2 Å². The van der Waals surface area contributed by atoms with Crippen LogP contribution in [0.3, 0.4) is 0 Å². The van der Waals surface area contributed by atoms with Crippen molar-refractivity contribution >= 4 is 11.6 Å². The molecule has 3 heteroatoms. The van der Waals surface area contributed by atoms with Gasteiger partial charge in [-0.2, -0.15) is 0 Å². The van der Waals surface area contributed by atoms with Crippen molar-refractivity contribution in [3.8, 4) is 5.75 Å². The maximum atomic E-state index is 12.1. The van der Waals surface area contributed by atoms with Crippen molar-refractivity contribution in [1.82, 2.24) is 0 Å². The SMILES string of the molecule is O=C1c2ccccc2C(=O)c2c([O-])cccc21. The molecule has 2 aromatic rings. The number of carbonyl (C=O) groups excluding carboxylic acids is 2. The Bertz CT molecular complexity index is 656. The maximum absolute atomic E-state index is 12.1. The van der Waals surface area contributed by atoms with Crippen LogP contribution >= 0.6 is 0 Å².